The summed E-state index contributed by atoms with van der Waals surface area (Å²) in [5, 5.41) is 4.56. The molecule has 0 bridgehead atoms. The van der Waals surface area contributed by atoms with Gasteiger partial charge in [-0.3, -0.25) is 0 Å². The molecule has 1 aliphatic carbocycles. The zero-order chi connectivity index (χ0) is 8.44. The van der Waals surface area contributed by atoms with Crippen molar-refractivity contribution in [3.8, 4) is 0 Å². The highest BCUT2D eigenvalue weighted by Gasteiger charge is 2.44. The maximum absolute atomic E-state index is 4.56. The van der Waals surface area contributed by atoms with Crippen LogP contribution in [0.2, 0.25) is 0 Å². The standard InChI is InChI=1S/C9H9NS2/c11-7-10-6-9(3-4-9)8-2-1-5-12-8/h1-2,5H,3-4,6H2. The van der Waals surface area contributed by atoms with Gasteiger partial charge in [0.05, 0.1) is 11.7 Å². The number of rotatable bonds is 3. The first-order valence-corrected chi connectivity index (χ1v) is 5.24. The summed E-state index contributed by atoms with van der Waals surface area (Å²) < 4.78 is 0. The fraction of sp³-hybridized carbons (Fsp3) is 0.444. The summed E-state index contributed by atoms with van der Waals surface area (Å²) in [6.45, 7) is 0.830. The predicted octanol–water partition coefficient (Wildman–Crippen LogP) is 2.88. The molecular formula is C9H9NS2. The minimum absolute atomic E-state index is 0.347. The van der Waals surface area contributed by atoms with Crippen molar-refractivity contribution < 1.29 is 0 Å². The van der Waals surface area contributed by atoms with Crippen molar-refractivity contribution in [2.45, 2.75) is 18.3 Å². The first kappa shape index (κ1) is 8.11. The highest BCUT2D eigenvalue weighted by atomic mass is 32.1. The Morgan fingerprint density at radius 3 is 3.00 bits per heavy atom. The lowest BCUT2D eigenvalue weighted by Crippen LogP contribution is -2.07. The molecule has 0 aliphatic heterocycles. The molecule has 0 unspecified atom stereocenters. The minimum Gasteiger partial charge on any atom is -0.232 e. The molecule has 12 heavy (non-hydrogen) atoms. The third kappa shape index (κ3) is 1.36. The van der Waals surface area contributed by atoms with E-state index in [2.05, 4.69) is 39.9 Å². The topological polar surface area (TPSA) is 12.4 Å². The van der Waals surface area contributed by atoms with Crippen LogP contribution in [0.4, 0.5) is 0 Å². The number of hydrogen-bond acceptors (Lipinski definition) is 3. The van der Waals surface area contributed by atoms with Gasteiger partial charge in [0, 0.05) is 10.3 Å². The minimum atomic E-state index is 0.347. The van der Waals surface area contributed by atoms with E-state index in [1.807, 2.05) is 11.3 Å². The summed E-state index contributed by atoms with van der Waals surface area (Å²) in [5.41, 5.74) is 0.347. The molecule has 0 amide bonds. The van der Waals surface area contributed by atoms with E-state index in [4.69, 9.17) is 0 Å². The summed E-state index contributed by atoms with van der Waals surface area (Å²) in [5.74, 6) is 0. The highest BCUT2D eigenvalue weighted by molar-refractivity contribution is 7.78. The Labute approximate surface area is 81.1 Å². The summed E-state index contributed by atoms with van der Waals surface area (Å²) in [7, 11) is 0. The second kappa shape index (κ2) is 3.09. The van der Waals surface area contributed by atoms with Crippen molar-refractivity contribution in [1.29, 1.82) is 0 Å². The van der Waals surface area contributed by atoms with Crippen molar-refractivity contribution in [1.82, 2.24) is 0 Å². The van der Waals surface area contributed by atoms with Crippen molar-refractivity contribution in [3.63, 3.8) is 0 Å². The summed E-state index contributed by atoms with van der Waals surface area (Å²) in [4.78, 5) is 5.49. The van der Waals surface area contributed by atoms with E-state index in [1.54, 1.807) is 0 Å². The molecule has 62 valence electrons. The largest absolute Gasteiger partial charge is 0.232 e. The van der Waals surface area contributed by atoms with Gasteiger partial charge in [0.1, 0.15) is 0 Å². The SMILES string of the molecule is S=C=NCC1(c2cccs2)CC1. The number of thiophene rings is 1. The molecule has 0 spiro atoms. The van der Waals surface area contributed by atoms with Gasteiger partial charge in [0.15, 0.2) is 0 Å². The third-order valence-electron chi connectivity index (χ3n) is 2.34. The quantitative estimate of drug-likeness (QED) is 0.533. The first-order chi connectivity index (χ1) is 5.87. The monoisotopic (exact) mass is 195 g/mol. The second-order valence-electron chi connectivity index (χ2n) is 3.17. The van der Waals surface area contributed by atoms with Crippen LogP contribution in [0, 0.1) is 0 Å². The number of isothiocyanates is 1. The van der Waals surface area contributed by atoms with Gasteiger partial charge in [-0.1, -0.05) is 6.07 Å². The maximum atomic E-state index is 4.56. The molecule has 0 saturated heterocycles. The molecule has 0 atom stereocenters. The summed E-state index contributed by atoms with van der Waals surface area (Å²) in [6.07, 6.45) is 2.52. The van der Waals surface area contributed by atoms with Crippen molar-refractivity contribution in [2.75, 3.05) is 6.54 Å². The van der Waals surface area contributed by atoms with E-state index >= 15 is 0 Å². The van der Waals surface area contributed by atoms with Gasteiger partial charge in [-0.25, -0.2) is 4.99 Å². The molecule has 1 fully saturated rings. The zero-order valence-corrected chi connectivity index (χ0v) is 8.25. The fourth-order valence-electron chi connectivity index (χ4n) is 1.40. The molecule has 0 aromatic carbocycles. The van der Waals surface area contributed by atoms with E-state index in [0.29, 0.717) is 5.41 Å². The Balaban J connectivity index is 2.17. The van der Waals surface area contributed by atoms with Gasteiger partial charge in [0.2, 0.25) is 0 Å². The van der Waals surface area contributed by atoms with E-state index in [0.717, 1.165) is 6.54 Å². The Morgan fingerprint density at radius 2 is 2.50 bits per heavy atom. The Bertz CT molecular complexity index is 305. The van der Waals surface area contributed by atoms with E-state index < -0.39 is 0 Å². The fourth-order valence-corrected chi connectivity index (χ4v) is 2.44. The van der Waals surface area contributed by atoms with Crippen LogP contribution >= 0.6 is 23.6 Å². The molecule has 1 aromatic rings. The smallest absolute Gasteiger partial charge is 0.0597 e. The lowest BCUT2D eigenvalue weighted by atomic mass is 10.1. The van der Waals surface area contributed by atoms with Gasteiger partial charge < -0.3 is 0 Å². The van der Waals surface area contributed by atoms with Gasteiger partial charge in [-0.2, -0.15) is 0 Å². The predicted molar refractivity (Wildman–Crippen MR) is 55.1 cm³/mol. The van der Waals surface area contributed by atoms with Crippen LogP contribution in [0.15, 0.2) is 22.5 Å². The first-order valence-electron chi connectivity index (χ1n) is 3.95. The molecule has 1 aliphatic rings. The number of aliphatic imine (C=N–C) groups is 1. The molecule has 1 heterocycles. The molecule has 1 aromatic heterocycles. The van der Waals surface area contributed by atoms with Crippen LogP contribution in [-0.4, -0.2) is 11.7 Å². The van der Waals surface area contributed by atoms with Crippen molar-refractivity contribution >= 4 is 28.7 Å². The zero-order valence-electron chi connectivity index (χ0n) is 6.62. The molecule has 0 radical (unpaired) electrons. The number of nitrogens with zero attached hydrogens (tertiary/aromatic N) is 1. The number of hydrogen-bond donors (Lipinski definition) is 0. The number of thiocarbonyl (C=S) groups is 1. The summed E-state index contributed by atoms with van der Waals surface area (Å²) >= 11 is 6.38. The van der Waals surface area contributed by atoms with Crippen LogP contribution in [0.25, 0.3) is 0 Å². The van der Waals surface area contributed by atoms with E-state index in [1.165, 1.54) is 17.7 Å². The normalized spacial score (nSPS) is 18.3. The highest BCUT2D eigenvalue weighted by Crippen LogP contribution is 2.49. The lowest BCUT2D eigenvalue weighted by molar-refractivity contribution is 0.725. The van der Waals surface area contributed by atoms with Crippen LogP contribution in [0.1, 0.15) is 17.7 Å². The Kier molecular flexibility index (Phi) is 2.09. The molecule has 2 rings (SSSR count). The average molecular weight is 195 g/mol. The average Bonchev–Trinajstić information content (AvgIpc) is 2.66. The third-order valence-corrected chi connectivity index (χ3v) is 3.59. The van der Waals surface area contributed by atoms with Crippen LogP contribution in [0.5, 0.6) is 0 Å². The molecule has 1 saturated carbocycles. The van der Waals surface area contributed by atoms with Gasteiger partial charge >= 0.3 is 0 Å². The molecule has 3 heteroatoms. The molecule has 0 N–H and O–H groups in total. The van der Waals surface area contributed by atoms with Crippen molar-refractivity contribution in [3.05, 3.63) is 22.4 Å². The van der Waals surface area contributed by atoms with Crippen LogP contribution in [-0.2, 0) is 5.41 Å². The maximum Gasteiger partial charge on any atom is 0.0597 e. The van der Waals surface area contributed by atoms with Gasteiger partial charge in [0.25, 0.3) is 0 Å². The van der Waals surface area contributed by atoms with E-state index in [9.17, 15) is 0 Å². The molecule has 1 nitrogen and oxygen atoms in total. The van der Waals surface area contributed by atoms with Crippen molar-refractivity contribution in [2.24, 2.45) is 4.99 Å². The Morgan fingerprint density at radius 1 is 1.67 bits per heavy atom. The van der Waals surface area contributed by atoms with Crippen LogP contribution < -0.4 is 0 Å². The van der Waals surface area contributed by atoms with Gasteiger partial charge in [-0.05, 0) is 36.5 Å². The second-order valence-corrected chi connectivity index (χ2v) is 4.30. The lowest BCUT2D eigenvalue weighted by Gasteiger charge is -2.07. The molecular weight excluding hydrogens is 186 g/mol. The summed E-state index contributed by atoms with van der Waals surface area (Å²) in [6, 6.07) is 4.29. The Hall–Kier alpha value is -0.500. The van der Waals surface area contributed by atoms with Crippen LogP contribution in [0.3, 0.4) is 0 Å². The van der Waals surface area contributed by atoms with E-state index in [-0.39, 0.29) is 0 Å². The van der Waals surface area contributed by atoms with Gasteiger partial charge in [-0.15, -0.1) is 11.3 Å².